The number of alkyl halides is 6. The van der Waals surface area contributed by atoms with Crippen molar-refractivity contribution in [2.45, 2.75) is 29.5 Å². The van der Waals surface area contributed by atoms with Crippen LogP contribution in [-0.2, 0) is 17.0 Å². The molecule has 0 bridgehead atoms. The van der Waals surface area contributed by atoms with Crippen LogP contribution in [-0.4, -0.2) is 19.5 Å². The first-order valence-electron chi connectivity index (χ1n) is 7.05. The fraction of sp³-hybridized carbons (Fsp3) is 0.286. The van der Waals surface area contributed by atoms with E-state index in [1.807, 2.05) is 0 Å². The summed E-state index contributed by atoms with van der Waals surface area (Å²) >= 11 is 5.95. The summed E-state index contributed by atoms with van der Waals surface area (Å²) in [5.41, 5.74) is -7.09. The summed E-state index contributed by atoms with van der Waals surface area (Å²) < 4.78 is 90.4. The minimum Gasteiger partial charge on any atom is -0.362 e. The summed E-state index contributed by atoms with van der Waals surface area (Å²) in [6.07, 6.45) is -4.69. The number of halogens is 7. The van der Waals surface area contributed by atoms with Crippen molar-refractivity contribution < 1.29 is 30.6 Å². The number of aromatic nitrogens is 2. The summed E-state index contributed by atoms with van der Waals surface area (Å²) in [5.74, 6) is -0.413. The van der Waals surface area contributed by atoms with Gasteiger partial charge in [-0.15, -0.1) is 0 Å². The van der Waals surface area contributed by atoms with Gasteiger partial charge in [0.05, 0.1) is 22.3 Å². The molecular weight excluding hydrogens is 422 g/mol. The molecule has 5 nitrogen and oxygen atoms in total. The number of benzene rings is 1. The summed E-state index contributed by atoms with van der Waals surface area (Å²) in [4.78, 5) is -0.904. The van der Waals surface area contributed by atoms with Gasteiger partial charge in [0.1, 0.15) is 16.8 Å². The molecule has 144 valence electrons. The maximum Gasteiger partial charge on any atom is 0.476 e. The number of hydrogen-bond donors (Lipinski definition) is 1. The third-order valence-corrected chi connectivity index (χ3v) is 5.26. The lowest BCUT2D eigenvalue weighted by Gasteiger charge is -2.28. The average molecular weight is 429 g/mol. The molecule has 3 rings (SSSR count). The first-order chi connectivity index (χ1) is 12.4. The molecule has 1 aliphatic rings. The molecule has 0 spiro atoms. The monoisotopic (exact) mass is 428 g/mol. The Morgan fingerprint density at radius 1 is 1.30 bits per heavy atom. The Balaban J connectivity index is 2.31. The smallest absolute Gasteiger partial charge is 0.362 e. The number of nitriles is 1. The van der Waals surface area contributed by atoms with Crippen LogP contribution in [0.5, 0.6) is 0 Å². The molecule has 0 saturated heterocycles. The van der Waals surface area contributed by atoms with E-state index in [0.717, 1.165) is 10.7 Å². The molecule has 0 aliphatic carbocycles. The molecular formula is C14H7ClF6N4OS. The molecule has 0 fully saturated rings. The zero-order valence-corrected chi connectivity index (χ0v) is 14.6. The lowest BCUT2D eigenvalue weighted by molar-refractivity contribution is -0.137. The Kier molecular flexibility index (Phi) is 4.43. The molecule has 1 aromatic carbocycles. The third kappa shape index (κ3) is 3.14. The van der Waals surface area contributed by atoms with Gasteiger partial charge in [-0.05, 0) is 19.1 Å². The Morgan fingerprint density at radius 3 is 2.44 bits per heavy atom. The molecule has 0 radical (unpaired) electrons. The highest BCUT2D eigenvalue weighted by atomic mass is 35.5. The van der Waals surface area contributed by atoms with Crippen molar-refractivity contribution >= 4 is 28.2 Å². The molecule has 0 amide bonds. The number of hydrogen-bond acceptors (Lipinski definition) is 4. The summed E-state index contributed by atoms with van der Waals surface area (Å²) in [5, 5.41) is 14.8. The third-order valence-electron chi connectivity index (χ3n) is 3.80. The van der Waals surface area contributed by atoms with Crippen LogP contribution in [0.15, 0.2) is 17.0 Å². The van der Waals surface area contributed by atoms with Crippen LogP contribution >= 0.6 is 11.6 Å². The Labute approximate surface area is 155 Å². The predicted octanol–water partition coefficient (Wildman–Crippen LogP) is 4.53. The van der Waals surface area contributed by atoms with Crippen molar-refractivity contribution in [1.29, 1.82) is 5.26 Å². The molecule has 1 aliphatic heterocycles. The normalized spacial score (nSPS) is 17.5. The number of anilines is 1. The van der Waals surface area contributed by atoms with Crippen molar-refractivity contribution in [3.63, 3.8) is 0 Å². The molecule has 27 heavy (non-hydrogen) atoms. The molecule has 2 aromatic rings. The summed E-state index contributed by atoms with van der Waals surface area (Å²) in [7, 11) is -3.58. The fourth-order valence-corrected chi connectivity index (χ4v) is 3.80. The highest BCUT2D eigenvalue weighted by Crippen LogP contribution is 2.44. The average Bonchev–Trinajstić information content (AvgIpc) is 2.90. The molecule has 2 atom stereocenters. The van der Waals surface area contributed by atoms with Crippen LogP contribution in [0.4, 0.5) is 32.2 Å². The highest BCUT2D eigenvalue weighted by molar-refractivity contribution is 7.86. The minimum atomic E-state index is -5.16. The van der Waals surface area contributed by atoms with Crippen molar-refractivity contribution in [2.24, 2.45) is 0 Å². The van der Waals surface area contributed by atoms with Crippen molar-refractivity contribution in [3.05, 3.63) is 34.0 Å². The lowest BCUT2D eigenvalue weighted by Crippen LogP contribution is -2.23. The lowest BCUT2D eigenvalue weighted by atomic mass is 10.0. The zero-order chi connectivity index (χ0) is 20.3. The van der Waals surface area contributed by atoms with Crippen molar-refractivity contribution in [2.75, 3.05) is 5.32 Å². The summed E-state index contributed by atoms with van der Waals surface area (Å²) in [6, 6.07) is 1.90. The number of fused-ring (bicyclic) bond motifs is 3. The number of nitrogens with zero attached hydrogens (tertiary/aromatic N) is 3. The van der Waals surface area contributed by atoms with E-state index in [2.05, 4.69) is 10.4 Å². The van der Waals surface area contributed by atoms with Crippen molar-refractivity contribution in [3.8, 4) is 11.8 Å². The first-order valence-corrected chi connectivity index (χ1v) is 8.58. The topological polar surface area (TPSA) is 70.7 Å². The molecule has 13 heteroatoms. The van der Waals surface area contributed by atoms with E-state index in [4.69, 9.17) is 16.9 Å². The SMILES string of the molecule is CC1Nc2c(S(=O)C(F)(F)F)c(C#N)nn2-c2c(Cl)cc(C(F)(F)F)cc21. The first kappa shape index (κ1) is 19.5. The zero-order valence-electron chi connectivity index (χ0n) is 13.0. The predicted molar refractivity (Wildman–Crippen MR) is 82.8 cm³/mol. The molecule has 1 aromatic heterocycles. The Hall–Kier alpha value is -2.26. The van der Waals surface area contributed by atoms with E-state index in [1.165, 1.54) is 13.0 Å². The minimum absolute atomic E-state index is 0.0126. The van der Waals surface area contributed by atoms with Crippen LogP contribution in [0.1, 0.15) is 29.8 Å². The van der Waals surface area contributed by atoms with Crippen LogP contribution in [0.25, 0.3) is 5.69 Å². The summed E-state index contributed by atoms with van der Waals surface area (Å²) in [6.45, 7) is 1.39. The molecule has 0 saturated carbocycles. The maximum absolute atomic E-state index is 13.0. The van der Waals surface area contributed by atoms with Crippen LogP contribution < -0.4 is 5.32 Å². The van der Waals surface area contributed by atoms with E-state index in [9.17, 15) is 30.6 Å². The molecule has 1 N–H and O–H groups in total. The van der Waals surface area contributed by atoms with E-state index in [1.54, 1.807) is 0 Å². The van der Waals surface area contributed by atoms with Gasteiger partial charge in [0, 0.05) is 5.56 Å². The van der Waals surface area contributed by atoms with Gasteiger partial charge in [0.2, 0.25) is 0 Å². The van der Waals surface area contributed by atoms with Gasteiger partial charge in [0.25, 0.3) is 0 Å². The second-order valence-electron chi connectivity index (χ2n) is 5.52. The van der Waals surface area contributed by atoms with E-state index in [-0.39, 0.29) is 11.3 Å². The van der Waals surface area contributed by atoms with Gasteiger partial charge in [-0.25, -0.2) is 8.89 Å². The standard InChI is InChI=1S/C14H7ClF6N4OS/c1-5-7-2-6(13(16,17)18)3-8(15)10(7)25-12(23-5)11(9(4-22)24-25)27(26)14(19,20)21/h2-3,5,23H,1H3. The highest BCUT2D eigenvalue weighted by Gasteiger charge is 2.44. The van der Waals surface area contributed by atoms with Crippen molar-refractivity contribution in [1.82, 2.24) is 9.78 Å². The fourth-order valence-electron chi connectivity index (χ4n) is 2.68. The largest absolute Gasteiger partial charge is 0.476 e. The quantitative estimate of drug-likeness (QED) is 0.677. The number of nitrogens with one attached hydrogen (secondary N) is 1. The number of rotatable bonds is 1. The van der Waals surface area contributed by atoms with Gasteiger partial charge < -0.3 is 5.32 Å². The van der Waals surface area contributed by atoms with Gasteiger partial charge in [0.15, 0.2) is 16.5 Å². The van der Waals surface area contributed by atoms with Crippen LogP contribution in [0.2, 0.25) is 5.02 Å². The second kappa shape index (κ2) is 6.13. The van der Waals surface area contributed by atoms with Gasteiger partial charge in [-0.2, -0.15) is 36.7 Å². The second-order valence-corrected chi connectivity index (χ2v) is 7.34. The maximum atomic E-state index is 13.0. The van der Waals surface area contributed by atoms with Gasteiger partial charge >= 0.3 is 11.7 Å². The van der Waals surface area contributed by atoms with Gasteiger partial charge in [-0.3, -0.25) is 0 Å². The van der Waals surface area contributed by atoms with Gasteiger partial charge in [-0.1, -0.05) is 11.6 Å². The van der Waals surface area contributed by atoms with E-state index in [0.29, 0.717) is 6.07 Å². The Bertz CT molecular complexity index is 1010. The molecule has 2 heterocycles. The molecule has 2 unspecified atom stereocenters. The van der Waals surface area contributed by atoms with E-state index >= 15 is 0 Å². The van der Waals surface area contributed by atoms with E-state index < -0.39 is 55.5 Å². The van der Waals surface area contributed by atoms with Crippen LogP contribution in [0, 0.1) is 11.3 Å². The van der Waals surface area contributed by atoms with Crippen LogP contribution in [0.3, 0.4) is 0 Å². The Morgan fingerprint density at radius 2 is 1.93 bits per heavy atom.